The van der Waals surface area contributed by atoms with E-state index in [4.69, 9.17) is 5.73 Å². The molecule has 0 amide bonds. The molecular formula is C11H12FNO. The Balaban J connectivity index is 3.14. The lowest BCUT2D eigenvalue weighted by Gasteiger charge is -2.01. The van der Waals surface area contributed by atoms with E-state index in [-0.39, 0.29) is 11.3 Å². The van der Waals surface area contributed by atoms with E-state index in [1.165, 1.54) is 13.0 Å². The molecule has 2 nitrogen and oxygen atoms in total. The largest absolute Gasteiger partial charge is 0.327 e. The van der Waals surface area contributed by atoms with Gasteiger partial charge in [-0.25, -0.2) is 4.39 Å². The standard InChI is InChI=1S/C11H12FNO/c1-8(14)10-6-2-4-9(11(10)12)5-3-7-13/h2-6H,7,13H2,1H3. The normalized spacial score (nSPS) is 10.8. The Morgan fingerprint density at radius 1 is 1.57 bits per heavy atom. The van der Waals surface area contributed by atoms with Gasteiger partial charge in [0.1, 0.15) is 5.82 Å². The van der Waals surface area contributed by atoms with Gasteiger partial charge in [0.2, 0.25) is 0 Å². The van der Waals surface area contributed by atoms with E-state index < -0.39 is 5.82 Å². The van der Waals surface area contributed by atoms with Crippen LogP contribution in [0.15, 0.2) is 24.3 Å². The van der Waals surface area contributed by atoms with Crippen molar-refractivity contribution in [2.24, 2.45) is 5.73 Å². The van der Waals surface area contributed by atoms with Crippen LogP contribution in [0.2, 0.25) is 0 Å². The van der Waals surface area contributed by atoms with Crippen molar-refractivity contribution in [1.29, 1.82) is 0 Å². The maximum absolute atomic E-state index is 13.5. The summed E-state index contributed by atoms with van der Waals surface area (Å²) in [7, 11) is 0. The summed E-state index contributed by atoms with van der Waals surface area (Å²) >= 11 is 0. The molecule has 0 heterocycles. The van der Waals surface area contributed by atoms with Gasteiger partial charge >= 0.3 is 0 Å². The minimum Gasteiger partial charge on any atom is -0.327 e. The summed E-state index contributed by atoms with van der Waals surface area (Å²) in [5.74, 6) is -0.754. The van der Waals surface area contributed by atoms with Crippen molar-refractivity contribution in [2.45, 2.75) is 6.92 Å². The molecule has 2 N–H and O–H groups in total. The molecule has 1 aromatic rings. The lowest BCUT2D eigenvalue weighted by Crippen LogP contribution is -1.99. The van der Waals surface area contributed by atoms with Crippen molar-refractivity contribution in [3.8, 4) is 0 Å². The summed E-state index contributed by atoms with van der Waals surface area (Å²) in [5.41, 5.74) is 5.75. The highest BCUT2D eigenvalue weighted by Gasteiger charge is 2.08. The minimum atomic E-state index is -0.482. The number of rotatable bonds is 3. The second kappa shape index (κ2) is 4.67. The van der Waals surface area contributed by atoms with Gasteiger partial charge < -0.3 is 5.73 Å². The van der Waals surface area contributed by atoms with Crippen LogP contribution in [-0.2, 0) is 0 Å². The minimum absolute atomic E-state index is 0.115. The van der Waals surface area contributed by atoms with E-state index in [1.54, 1.807) is 24.3 Å². The van der Waals surface area contributed by atoms with E-state index in [0.717, 1.165) is 0 Å². The molecule has 0 saturated carbocycles. The molecule has 0 aromatic heterocycles. The molecule has 0 saturated heterocycles. The monoisotopic (exact) mass is 193 g/mol. The number of carbonyl (C=O) groups is 1. The molecule has 14 heavy (non-hydrogen) atoms. The van der Waals surface area contributed by atoms with Crippen LogP contribution in [0.1, 0.15) is 22.8 Å². The number of benzene rings is 1. The van der Waals surface area contributed by atoms with Crippen LogP contribution in [0.25, 0.3) is 6.08 Å². The fraction of sp³-hybridized carbons (Fsp3) is 0.182. The van der Waals surface area contributed by atoms with Gasteiger partial charge in [0.15, 0.2) is 5.78 Å². The quantitative estimate of drug-likeness (QED) is 0.746. The molecular weight excluding hydrogens is 181 g/mol. The molecule has 0 aliphatic heterocycles. The molecule has 74 valence electrons. The fourth-order valence-corrected chi connectivity index (χ4v) is 1.15. The summed E-state index contributed by atoms with van der Waals surface area (Å²) in [6.07, 6.45) is 3.21. The van der Waals surface area contributed by atoms with Gasteiger partial charge in [-0.3, -0.25) is 4.79 Å². The summed E-state index contributed by atoms with van der Waals surface area (Å²) in [6.45, 7) is 1.69. The first-order chi connectivity index (χ1) is 6.66. The first-order valence-corrected chi connectivity index (χ1v) is 4.33. The SMILES string of the molecule is CC(=O)c1cccc(C=CCN)c1F. The van der Waals surface area contributed by atoms with Gasteiger partial charge in [-0.1, -0.05) is 24.3 Å². The topological polar surface area (TPSA) is 43.1 Å². The molecule has 0 spiro atoms. The van der Waals surface area contributed by atoms with Crippen molar-refractivity contribution in [1.82, 2.24) is 0 Å². The highest BCUT2D eigenvalue weighted by Crippen LogP contribution is 2.14. The highest BCUT2D eigenvalue weighted by molar-refractivity contribution is 5.94. The second-order valence-corrected chi connectivity index (χ2v) is 2.90. The third kappa shape index (κ3) is 2.26. The Morgan fingerprint density at radius 2 is 2.29 bits per heavy atom. The molecule has 3 heteroatoms. The van der Waals surface area contributed by atoms with Crippen LogP contribution in [0.3, 0.4) is 0 Å². The summed E-state index contributed by atoms with van der Waals surface area (Å²) in [4.78, 5) is 11.0. The smallest absolute Gasteiger partial charge is 0.162 e. The maximum atomic E-state index is 13.5. The van der Waals surface area contributed by atoms with E-state index in [1.807, 2.05) is 0 Å². The van der Waals surface area contributed by atoms with Crippen molar-refractivity contribution in [2.75, 3.05) is 6.54 Å². The molecule has 0 bridgehead atoms. The Kier molecular flexibility index (Phi) is 3.54. The lowest BCUT2D eigenvalue weighted by atomic mass is 10.1. The van der Waals surface area contributed by atoms with Crippen molar-refractivity contribution < 1.29 is 9.18 Å². The van der Waals surface area contributed by atoms with Crippen molar-refractivity contribution in [3.63, 3.8) is 0 Å². The fourth-order valence-electron chi connectivity index (χ4n) is 1.15. The Bertz CT molecular complexity index is 372. The number of ketones is 1. The van der Waals surface area contributed by atoms with Crippen LogP contribution < -0.4 is 5.73 Å². The number of halogens is 1. The lowest BCUT2D eigenvalue weighted by molar-refractivity contribution is 0.101. The zero-order valence-electron chi connectivity index (χ0n) is 7.96. The van der Waals surface area contributed by atoms with E-state index in [0.29, 0.717) is 12.1 Å². The van der Waals surface area contributed by atoms with Crippen LogP contribution in [0.4, 0.5) is 4.39 Å². The van der Waals surface area contributed by atoms with Gasteiger partial charge in [0.25, 0.3) is 0 Å². The number of Topliss-reactive ketones (excluding diaryl/α,β-unsaturated/α-hetero) is 1. The molecule has 1 aromatic carbocycles. The zero-order chi connectivity index (χ0) is 10.6. The average Bonchev–Trinajstić information content (AvgIpc) is 2.16. The van der Waals surface area contributed by atoms with Gasteiger partial charge in [-0.2, -0.15) is 0 Å². The number of hydrogen-bond acceptors (Lipinski definition) is 2. The number of hydrogen-bond donors (Lipinski definition) is 1. The maximum Gasteiger partial charge on any atom is 0.162 e. The summed E-state index contributed by atoms with van der Waals surface area (Å²) < 4.78 is 13.5. The third-order valence-electron chi connectivity index (χ3n) is 1.84. The predicted octanol–water partition coefficient (Wildman–Crippen LogP) is 2.00. The van der Waals surface area contributed by atoms with E-state index >= 15 is 0 Å². The van der Waals surface area contributed by atoms with E-state index in [2.05, 4.69) is 0 Å². The molecule has 1 rings (SSSR count). The Morgan fingerprint density at radius 3 is 2.86 bits per heavy atom. The van der Waals surface area contributed by atoms with Crippen LogP contribution >= 0.6 is 0 Å². The van der Waals surface area contributed by atoms with Gasteiger partial charge in [-0.15, -0.1) is 0 Å². The van der Waals surface area contributed by atoms with Crippen LogP contribution in [0, 0.1) is 5.82 Å². The second-order valence-electron chi connectivity index (χ2n) is 2.90. The third-order valence-corrected chi connectivity index (χ3v) is 1.84. The van der Waals surface area contributed by atoms with E-state index in [9.17, 15) is 9.18 Å². The first kappa shape index (κ1) is 10.6. The molecule has 0 radical (unpaired) electrons. The van der Waals surface area contributed by atoms with Gasteiger partial charge in [-0.05, 0) is 13.0 Å². The first-order valence-electron chi connectivity index (χ1n) is 4.33. The number of carbonyl (C=O) groups excluding carboxylic acids is 1. The average molecular weight is 193 g/mol. The molecule has 0 fully saturated rings. The van der Waals surface area contributed by atoms with Gasteiger partial charge in [0.05, 0.1) is 5.56 Å². The predicted molar refractivity (Wildman–Crippen MR) is 54.5 cm³/mol. The highest BCUT2D eigenvalue weighted by atomic mass is 19.1. The number of nitrogens with two attached hydrogens (primary N) is 1. The van der Waals surface area contributed by atoms with Crippen molar-refractivity contribution >= 4 is 11.9 Å². The molecule has 0 aliphatic carbocycles. The zero-order valence-corrected chi connectivity index (χ0v) is 7.96. The molecule has 0 atom stereocenters. The molecule has 0 aliphatic rings. The van der Waals surface area contributed by atoms with Gasteiger partial charge in [0, 0.05) is 12.1 Å². The molecule has 0 unspecified atom stereocenters. The Hall–Kier alpha value is -1.48. The van der Waals surface area contributed by atoms with Crippen LogP contribution in [-0.4, -0.2) is 12.3 Å². The van der Waals surface area contributed by atoms with Crippen LogP contribution in [0.5, 0.6) is 0 Å². The summed E-state index contributed by atoms with van der Waals surface area (Å²) in [5, 5.41) is 0. The van der Waals surface area contributed by atoms with Crippen molar-refractivity contribution in [3.05, 3.63) is 41.2 Å². The summed E-state index contributed by atoms with van der Waals surface area (Å²) in [6, 6.07) is 4.72. The Labute approximate surface area is 82.2 Å².